The molecule has 0 radical (unpaired) electrons. The van der Waals surface area contributed by atoms with Gasteiger partial charge in [-0.1, -0.05) is 158 Å². The normalized spacial score (nSPS) is 12.8. The highest BCUT2D eigenvalue weighted by Crippen LogP contribution is 2.47. The van der Waals surface area contributed by atoms with E-state index in [0.29, 0.717) is 16.7 Å². The van der Waals surface area contributed by atoms with Gasteiger partial charge in [0.1, 0.15) is 11.2 Å². The van der Waals surface area contributed by atoms with Crippen molar-refractivity contribution in [1.82, 2.24) is 0 Å². The summed E-state index contributed by atoms with van der Waals surface area (Å²) < 4.78 is 43.0. The van der Waals surface area contributed by atoms with Gasteiger partial charge in [-0.25, -0.2) is 0 Å². The molecular formula is C44H28O. The zero-order valence-electron chi connectivity index (χ0n) is 28.3. The van der Waals surface area contributed by atoms with Crippen molar-refractivity contribution in [3.8, 4) is 44.5 Å². The van der Waals surface area contributed by atoms with Gasteiger partial charge in [0.15, 0.2) is 0 Å². The van der Waals surface area contributed by atoms with Crippen molar-refractivity contribution in [3.05, 3.63) is 170 Å². The lowest BCUT2D eigenvalue weighted by molar-refractivity contribution is 0.670. The van der Waals surface area contributed by atoms with Crippen LogP contribution in [0.2, 0.25) is 0 Å². The van der Waals surface area contributed by atoms with Gasteiger partial charge in [-0.15, -0.1) is 0 Å². The molecule has 0 bridgehead atoms. The van der Waals surface area contributed by atoms with Gasteiger partial charge in [-0.2, -0.15) is 0 Å². The summed E-state index contributed by atoms with van der Waals surface area (Å²) in [5.41, 5.74) is 7.97. The summed E-state index contributed by atoms with van der Waals surface area (Å²) in [6.45, 7) is 0. The smallest absolute Gasteiger partial charge is 0.143 e. The zero-order valence-corrected chi connectivity index (χ0v) is 24.3. The van der Waals surface area contributed by atoms with E-state index in [2.05, 4.69) is 48.5 Å². The first-order valence-electron chi connectivity index (χ1n) is 17.1. The minimum atomic E-state index is -0.189. The molecule has 0 spiro atoms. The fourth-order valence-corrected chi connectivity index (χ4v) is 6.81. The highest BCUT2D eigenvalue weighted by atomic mass is 16.3. The monoisotopic (exact) mass is 576 g/mol. The van der Waals surface area contributed by atoms with Crippen LogP contribution in [0.3, 0.4) is 0 Å². The average Bonchev–Trinajstić information content (AvgIpc) is 3.54. The van der Waals surface area contributed by atoms with Gasteiger partial charge in [0.25, 0.3) is 0 Å². The maximum absolute atomic E-state index is 9.50. The van der Waals surface area contributed by atoms with Crippen LogP contribution >= 0.6 is 0 Å². The van der Waals surface area contributed by atoms with E-state index in [4.69, 9.17) is 7.16 Å². The van der Waals surface area contributed by atoms with Crippen molar-refractivity contribution in [2.45, 2.75) is 0 Å². The number of furan rings is 1. The number of rotatable bonds is 4. The first-order valence-corrected chi connectivity index (χ1v) is 15.1. The van der Waals surface area contributed by atoms with Gasteiger partial charge in [0.2, 0.25) is 0 Å². The maximum Gasteiger partial charge on any atom is 0.143 e. The average molecular weight is 577 g/mol. The summed E-state index contributed by atoms with van der Waals surface area (Å²) in [6.07, 6.45) is 0. The molecular weight excluding hydrogens is 544 g/mol. The molecule has 1 aromatic heterocycles. The van der Waals surface area contributed by atoms with Gasteiger partial charge in [0, 0.05) is 16.3 Å². The van der Waals surface area contributed by atoms with Crippen molar-refractivity contribution in [2.24, 2.45) is 0 Å². The molecule has 0 aliphatic carbocycles. The Morgan fingerprint density at radius 3 is 1.62 bits per heavy atom. The molecule has 0 atom stereocenters. The molecule has 1 nitrogen and oxygen atoms in total. The summed E-state index contributed by atoms with van der Waals surface area (Å²) in [5.74, 6) is 0. The summed E-state index contributed by atoms with van der Waals surface area (Å²) in [7, 11) is 0. The largest absolute Gasteiger partial charge is 0.455 e. The van der Waals surface area contributed by atoms with Crippen LogP contribution < -0.4 is 0 Å². The second kappa shape index (κ2) is 10.4. The number of hydrogen-bond donors (Lipinski definition) is 0. The van der Waals surface area contributed by atoms with Crippen LogP contribution in [-0.4, -0.2) is 0 Å². The van der Waals surface area contributed by atoms with Crippen molar-refractivity contribution in [1.29, 1.82) is 0 Å². The molecule has 0 saturated carbocycles. The maximum atomic E-state index is 9.50. The fourth-order valence-electron chi connectivity index (χ4n) is 6.81. The van der Waals surface area contributed by atoms with Crippen LogP contribution in [-0.2, 0) is 0 Å². The van der Waals surface area contributed by atoms with Crippen LogP contribution in [0, 0.1) is 0 Å². The molecule has 0 aliphatic heterocycles. The van der Waals surface area contributed by atoms with E-state index >= 15 is 0 Å². The van der Waals surface area contributed by atoms with E-state index < -0.39 is 0 Å². The predicted octanol–water partition coefficient (Wildman–Crippen LogP) is 12.6. The van der Waals surface area contributed by atoms with Crippen LogP contribution in [0.1, 0.15) is 5.48 Å². The van der Waals surface area contributed by atoms with E-state index in [-0.39, 0.29) is 24.2 Å². The number of para-hydroxylation sites is 1. The molecule has 9 aromatic rings. The Hall–Kier alpha value is -5.92. The van der Waals surface area contributed by atoms with Crippen molar-refractivity contribution in [2.75, 3.05) is 0 Å². The minimum Gasteiger partial charge on any atom is -0.455 e. The Bertz CT molecular complexity index is 2690. The molecule has 9 rings (SSSR count). The van der Waals surface area contributed by atoms with Gasteiger partial charge < -0.3 is 4.42 Å². The van der Waals surface area contributed by atoms with Crippen molar-refractivity contribution < 1.29 is 9.90 Å². The van der Waals surface area contributed by atoms with E-state index in [1.807, 2.05) is 97.1 Å². The first-order chi connectivity index (χ1) is 24.0. The number of hydrogen-bond acceptors (Lipinski definition) is 1. The van der Waals surface area contributed by atoms with Gasteiger partial charge >= 0.3 is 0 Å². The minimum absolute atomic E-state index is 0.0802. The lowest BCUT2D eigenvalue weighted by Gasteiger charge is -2.18. The van der Waals surface area contributed by atoms with E-state index in [1.54, 1.807) is 0 Å². The Labute approximate surface area is 267 Å². The molecule has 1 heteroatoms. The number of benzene rings is 8. The number of fused-ring (bicyclic) bond motifs is 5. The highest BCUT2D eigenvalue weighted by molar-refractivity contribution is 6.26. The molecule has 45 heavy (non-hydrogen) atoms. The molecule has 0 saturated heterocycles. The molecule has 0 unspecified atom stereocenters. The standard InChI is InChI=1S/C44H28O/c1-3-14-29(15-4-1)31-18-11-19-32(28-31)41-34-20-7-9-22-36(34)42(37-23-10-8-21-35(37)41)38-25-13-27-40-43(38)39-26-12-24-33(44(39)45-40)30-16-5-2-6-17-30/h1-28H/i11D,18D,19D,28D. The second-order valence-corrected chi connectivity index (χ2v) is 11.3. The van der Waals surface area contributed by atoms with E-state index in [1.165, 1.54) is 0 Å². The third-order valence-electron chi connectivity index (χ3n) is 8.75. The topological polar surface area (TPSA) is 13.1 Å². The van der Waals surface area contributed by atoms with Crippen molar-refractivity contribution >= 4 is 43.5 Å². The fraction of sp³-hybridized carbons (Fsp3) is 0. The first kappa shape index (κ1) is 21.7. The van der Waals surface area contributed by atoms with Crippen LogP contribution in [0.15, 0.2) is 174 Å². The van der Waals surface area contributed by atoms with Crippen LogP contribution in [0.4, 0.5) is 0 Å². The van der Waals surface area contributed by atoms with Crippen molar-refractivity contribution in [3.63, 3.8) is 0 Å². The summed E-state index contributed by atoms with van der Waals surface area (Å²) in [6, 6.07) is 48.1. The second-order valence-electron chi connectivity index (χ2n) is 11.3. The van der Waals surface area contributed by atoms with Gasteiger partial charge in [0.05, 0.1) is 5.48 Å². The lowest BCUT2D eigenvalue weighted by Crippen LogP contribution is -1.91. The quantitative estimate of drug-likeness (QED) is 0.190. The summed E-state index contributed by atoms with van der Waals surface area (Å²) in [4.78, 5) is 0. The summed E-state index contributed by atoms with van der Waals surface area (Å²) >= 11 is 0. The Balaban J connectivity index is 1.41. The van der Waals surface area contributed by atoms with E-state index in [0.717, 1.165) is 71.3 Å². The molecule has 1 heterocycles. The Morgan fingerprint density at radius 2 is 0.933 bits per heavy atom. The van der Waals surface area contributed by atoms with Gasteiger partial charge in [-0.3, -0.25) is 0 Å². The third-order valence-corrected chi connectivity index (χ3v) is 8.75. The molecule has 210 valence electrons. The predicted molar refractivity (Wildman–Crippen MR) is 190 cm³/mol. The molecule has 0 amide bonds. The SMILES string of the molecule is [2H]c1c([2H])c(-c2ccccc2)c([2H])c(-c2c3ccccc3c(-c3cccc4oc5c(-c6ccccc6)cccc5c34)c3ccccc23)c1[2H]. The molecule has 8 aromatic carbocycles. The van der Waals surface area contributed by atoms with E-state index in [9.17, 15) is 2.74 Å². The highest BCUT2D eigenvalue weighted by Gasteiger charge is 2.21. The van der Waals surface area contributed by atoms with Crippen LogP contribution in [0.5, 0.6) is 0 Å². The third kappa shape index (κ3) is 4.09. The summed E-state index contributed by atoms with van der Waals surface area (Å²) in [5, 5.41) is 5.76. The zero-order chi connectivity index (χ0) is 33.2. The lowest BCUT2D eigenvalue weighted by atomic mass is 9.84. The Kier molecular flexibility index (Phi) is 5.00. The van der Waals surface area contributed by atoms with Crippen LogP contribution in [0.25, 0.3) is 88.0 Å². The molecule has 0 N–H and O–H groups in total. The van der Waals surface area contributed by atoms with Gasteiger partial charge in [-0.05, 0) is 72.6 Å². The molecule has 0 aliphatic rings. The molecule has 0 fully saturated rings. The Morgan fingerprint density at radius 1 is 0.400 bits per heavy atom.